The molecular formula is C13H16F2N4O2S. The Kier molecular flexibility index (Phi) is 4.19. The summed E-state index contributed by atoms with van der Waals surface area (Å²) < 4.78 is 54.8. The Morgan fingerprint density at radius 3 is 2.18 bits per heavy atom. The molecule has 0 saturated carbocycles. The maximum Gasteiger partial charge on any atom is 0.265 e. The zero-order valence-electron chi connectivity index (χ0n) is 12.6. The standard InChI is InChI=1S/C13H16F2N4O2S/c1-7(2)19-9(4)13(8(3)17-19)22(20,21)18-10-5-11(14)16-12(15)6-10/h5-7H,1-4H3,(H,16,18). The summed E-state index contributed by atoms with van der Waals surface area (Å²) in [6, 6.07) is 1.59. The molecule has 0 amide bonds. The van der Waals surface area contributed by atoms with Gasteiger partial charge in [-0.2, -0.15) is 18.9 Å². The van der Waals surface area contributed by atoms with E-state index in [4.69, 9.17) is 0 Å². The molecule has 0 saturated heterocycles. The second-order valence-corrected chi connectivity index (χ2v) is 6.76. The summed E-state index contributed by atoms with van der Waals surface area (Å²) in [7, 11) is -4.02. The van der Waals surface area contributed by atoms with Gasteiger partial charge in [-0.15, -0.1) is 0 Å². The molecule has 0 radical (unpaired) electrons. The maximum atomic E-state index is 13.1. The number of sulfonamides is 1. The largest absolute Gasteiger partial charge is 0.279 e. The fourth-order valence-electron chi connectivity index (χ4n) is 2.27. The Morgan fingerprint density at radius 2 is 1.73 bits per heavy atom. The van der Waals surface area contributed by atoms with Gasteiger partial charge < -0.3 is 0 Å². The lowest BCUT2D eigenvalue weighted by Gasteiger charge is -2.10. The third kappa shape index (κ3) is 3.08. The van der Waals surface area contributed by atoms with E-state index in [9.17, 15) is 17.2 Å². The van der Waals surface area contributed by atoms with Crippen molar-refractivity contribution in [1.82, 2.24) is 14.8 Å². The molecule has 0 spiro atoms. The van der Waals surface area contributed by atoms with Gasteiger partial charge in [0.05, 0.1) is 17.1 Å². The van der Waals surface area contributed by atoms with Crippen LogP contribution in [0.4, 0.5) is 14.5 Å². The van der Waals surface area contributed by atoms with Crippen LogP contribution in [-0.4, -0.2) is 23.2 Å². The Balaban J connectivity index is 2.47. The predicted molar refractivity (Wildman–Crippen MR) is 77.0 cm³/mol. The first kappa shape index (κ1) is 16.3. The highest BCUT2D eigenvalue weighted by Crippen LogP contribution is 2.24. The zero-order chi connectivity index (χ0) is 16.7. The Morgan fingerprint density at radius 1 is 1.18 bits per heavy atom. The molecular weight excluding hydrogens is 314 g/mol. The van der Waals surface area contributed by atoms with E-state index in [1.807, 2.05) is 13.8 Å². The number of pyridine rings is 1. The van der Waals surface area contributed by atoms with Gasteiger partial charge >= 0.3 is 0 Å². The molecule has 2 rings (SSSR count). The number of halogens is 2. The average Bonchev–Trinajstić information content (AvgIpc) is 2.63. The van der Waals surface area contributed by atoms with Gasteiger partial charge in [0.2, 0.25) is 11.9 Å². The summed E-state index contributed by atoms with van der Waals surface area (Å²) in [4.78, 5) is 2.91. The third-order valence-electron chi connectivity index (χ3n) is 3.03. The Bertz CT molecular complexity index is 795. The van der Waals surface area contributed by atoms with Crippen LogP contribution >= 0.6 is 0 Å². The molecule has 0 aromatic carbocycles. The van der Waals surface area contributed by atoms with Gasteiger partial charge in [-0.1, -0.05) is 0 Å². The molecule has 1 N–H and O–H groups in total. The van der Waals surface area contributed by atoms with Gasteiger partial charge in [-0.05, 0) is 27.7 Å². The normalized spacial score (nSPS) is 12.0. The van der Waals surface area contributed by atoms with E-state index in [-0.39, 0.29) is 16.6 Å². The Hall–Kier alpha value is -2.03. The Labute approximate surface area is 127 Å². The van der Waals surface area contributed by atoms with Crippen LogP contribution in [0.15, 0.2) is 17.0 Å². The second-order valence-electron chi connectivity index (χ2n) is 5.15. The van der Waals surface area contributed by atoms with E-state index >= 15 is 0 Å². The molecule has 0 bridgehead atoms. The van der Waals surface area contributed by atoms with Crippen molar-refractivity contribution < 1.29 is 17.2 Å². The zero-order valence-corrected chi connectivity index (χ0v) is 13.4. The number of hydrogen-bond acceptors (Lipinski definition) is 4. The van der Waals surface area contributed by atoms with E-state index in [1.165, 1.54) is 0 Å². The highest BCUT2D eigenvalue weighted by Gasteiger charge is 2.25. The van der Waals surface area contributed by atoms with Gasteiger partial charge in [0.15, 0.2) is 0 Å². The van der Waals surface area contributed by atoms with Crippen molar-refractivity contribution in [2.24, 2.45) is 0 Å². The van der Waals surface area contributed by atoms with Crippen LogP contribution in [-0.2, 0) is 10.0 Å². The summed E-state index contributed by atoms with van der Waals surface area (Å²) in [6.45, 7) is 6.93. The van der Waals surface area contributed by atoms with E-state index < -0.39 is 21.9 Å². The molecule has 6 nitrogen and oxygen atoms in total. The van der Waals surface area contributed by atoms with E-state index in [0.29, 0.717) is 11.4 Å². The molecule has 2 aromatic heterocycles. The summed E-state index contributed by atoms with van der Waals surface area (Å²) in [5, 5.41) is 4.19. The smallest absolute Gasteiger partial charge is 0.265 e. The van der Waals surface area contributed by atoms with Crippen molar-refractivity contribution in [1.29, 1.82) is 0 Å². The van der Waals surface area contributed by atoms with Crippen molar-refractivity contribution >= 4 is 15.7 Å². The minimum atomic E-state index is -4.02. The monoisotopic (exact) mass is 330 g/mol. The van der Waals surface area contributed by atoms with Gasteiger partial charge in [0.25, 0.3) is 10.0 Å². The number of aryl methyl sites for hydroxylation is 1. The molecule has 9 heteroatoms. The molecule has 0 fully saturated rings. The van der Waals surface area contributed by atoms with Crippen LogP contribution in [0.1, 0.15) is 31.3 Å². The number of hydrogen-bond donors (Lipinski definition) is 1. The first-order chi connectivity index (χ1) is 10.1. The van der Waals surface area contributed by atoms with Crippen molar-refractivity contribution in [3.8, 4) is 0 Å². The average molecular weight is 330 g/mol. The minimum Gasteiger partial charge on any atom is -0.279 e. The SMILES string of the molecule is Cc1nn(C(C)C)c(C)c1S(=O)(=O)Nc1cc(F)nc(F)c1. The highest BCUT2D eigenvalue weighted by atomic mass is 32.2. The number of anilines is 1. The van der Waals surface area contributed by atoms with Crippen LogP contribution < -0.4 is 4.72 Å². The van der Waals surface area contributed by atoms with Crippen molar-refractivity contribution in [2.45, 2.75) is 38.6 Å². The quantitative estimate of drug-likeness (QED) is 0.874. The summed E-state index contributed by atoms with van der Waals surface area (Å²) >= 11 is 0. The van der Waals surface area contributed by atoms with Crippen LogP contribution in [0.25, 0.3) is 0 Å². The lowest BCUT2D eigenvalue weighted by Crippen LogP contribution is -2.16. The lowest BCUT2D eigenvalue weighted by atomic mass is 10.3. The van der Waals surface area contributed by atoms with Crippen LogP contribution in [0, 0.1) is 25.7 Å². The molecule has 22 heavy (non-hydrogen) atoms. The van der Waals surface area contributed by atoms with Crippen LogP contribution in [0.2, 0.25) is 0 Å². The second kappa shape index (κ2) is 5.64. The third-order valence-corrected chi connectivity index (χ3v) is 4.66. The lowest BCUT2D eigenvalue weighted by molar-refractivity contribution is 0.514. The van der Waals surface area contributed by atoms with E-state index in [2.05, 4.69) is 14.8 Å². The van der Waals surface area contributed by atoms with E-state index in [0.717, 1.165) is 12.1 Å². The topological polar surface area (TPSA) is 76.9 Å². The number of nitrogens with one attached hydrogen (secondary N) is 1. The first-order valence-electron chi connectivity index (χ1n) is 6.53. The summed E-state index contributed by atoms with van der Waals surface area (Å²) in [5.74, 6) is -2.21. The number of nitrogens with zero attached hydrogens (tertiary/aromatic N) is 3. The van der Waals surface area contributed by atoms with Crippen LogP contribution in [0.3, 0.4) is 0 Å². The van der Waals surface area contributed by atoms with Crippen LogP contribution in [0.5, 0.6) is 0 Å². The first-order valence-corrected chi connectivity index (χ1v) is 8.01. The van der Waals surface area contributed by atoms with Crippen molar-refractivity contribution in [2.75, 3.05) is 4.72 Å². The molecule has 0 aliphatic rings. The van der Waals surface area contributed by atoms with Gasteiger partial charge in [0.1, 0.15) is 4.90 Å². The predicted octanol–water partition coefficient (Wildman–Crippen LogP) is 2.55. The van der Waals surface area contributed by atoms with E-state index in [1.54, 1.807) is 18.5 Å². The molecule has 120 valence electrons. The molecule has 0 atom stereocenters. The highest BCUT2D eigenvalue weighted by molar-refractivity contribution is 7.92. The maximum absolute atomic E-state index is 13.1. The summed E-state index contributed by atoms with van der Waals surface area (Å²) in [5.41, 5.74) is 0.532. The van der Waals surface area contributed by atoms with Crippen molar-refractivity contribution in [3.05, 3.63) is 35.4 Å². The molecule has 0 unspecified atom stereocenters. The molecule has 2 heterocycles. The van der Waals surface area contributed by atoms with Gasteiger partial charge in [-0.25, -0.2) is 8.42 Å². The minimum absolute atomic E-state index is 0.00108. The summed E-state index contributed by atoms with van der Waals surface area (Å²) in [6.07, 6.45) is 0. The van der Waals surface area contributed by atoms with Crippen molar-refractivity contribution in [3.63, 3.8) is 0 Å². The fraction of sp³-hybridized carbons (Fsp3) is 0.385. The number of aromatic nitrogens is 3. The molecule has 0 aliphatic heterocycles. The van der Waals surface area contributed by atoms with Gasteiger partial charge in [-0.3, -0.25) is 9.40 Å². The fourth-order valence-corrected chi connectivity index (χ4v) is 3.71. The van der Waals surface area contributed by atoms with Gasteiger partial charge in [0, 0.05) is 18.2 Å². The number of rotatable bonds is 4. The molecule has 2 aromatic rings. The molecule has 0 aliphatic carbocycles.